The molecule has 0 fully saturated rings. The molecule has 2 rings (SSSR count). The van der Waals surface area contributed by atoms with Crippen molar-refractivity contribution >= 4 is 12.4 Å². The van der Waals surface area contributed by atoms with Crippen LogP contribution in [0.2, 0.25) is 0 Å². The fraction of sp³-hybridized carbons (Fsp3) is 0.471. The van der Waals surface area contributed by atoms with Gasteiger partial charge in [-0.05, 0) is 30.5 Å². The summed E-state index contributed by atoms with van der Waals surface area (Å²) < 4.78 is 7.45. The Morgan fingerprint density at radius 3 is 2.45 bits per heavy atom. The lowest BCUT2D eigenvalue weighted by Crippen LogP contribution is -2.12. The van der Waals surface area contributed by atoms with Crippen LogP contribution in [0.15, 0.2) is 36.7 Å². The molecule has 1 aromatic heterocycles. The van der Waals surface area contributed by atoms with Crippen LogP contribution in [-0.2, 0) is 19.6 Å². The molecule has 1 heterocycles. The van der Waals surface area contributed by atoms with Crippen molar-refractivity contribution in [2.45, 2.75) is 40.4 Å². The number of ether oxygens (including phenoxy) is 1. The Hall–Kier alpha value is -1.52. The number of nitrogens with one attached hydrogen (secondary N) is 1. The van der Waals surface area contributed by atoms with Crippen LogP contribution in [0, 0.1) is 5.92 Å². The minimum absolute atomic E-state index is 0. The van der Waals surface area contributed by atoms with Crippen molar-refractivity contribution in [1.82, 2.24) is 15.1 Å². The van der Waals surface area contributed by atoms with Gasteiger partial charge in [-0.3, -0.25) is 4.68 Å². The van der Waals surface area contributed by atoms with Gasteiger partial charge in [0.25, 0.3) is 0 Å². The lowest BCUT2D eigenvalue weighted by atomic mass is 10.2. The van der Waals surface area contributed by atoms with Gasteiger partial charge in [-0.25, -0.2) is 0 Å². The highest BCUT2D eigenvalue weighted by Crippen LogP contribution is 2.12. The van der Waals surface area contributed by atoms with Crippen LogP contribution in [0.1, 0.15) is 31.9 Å². The van der Waals surface area contributed by atoms with Crippen LogP contribution in [0.5, 0.6) is 5.75 Å². The molecule has 0 bridgehead atoms. The molecule has 0 aliphatic heterocycles. The van der Waals surface area contributed by atoms with E-state index in [-0.39, 0.29) is 12.4 Å². The van der Waals surface area contributed by atoms with Gasteiger partial charge in [0.05, 0.1) is 12.8 Å². The molecule has 2 aromatic rings. The lowest BCUT2D eigenvalue weighted by Gasteiger charge is -2.06. The fourth-order valence-corrected chi connectivity index (χ4v) is 2.19. The van der Waals surface area contributed by atoms with Crippen molar-refractivity contribution < 1.29 is 4.74 Å². The zero-order valence-electron chi connectivity index (χ0n) is 13.6. The molecule has 122 valence electrons. The molecule has 0 amide bonds. The normalized spacial score (nSPS) is 10.5. The van der Waals surface area contributed by atoms with Gasteiger partial charge in [0.1, 0.15) is 5.75 Å². The molecular weight excluding hydrogens is 298 g/mol. The Bertz CT molecular complexity index is 537. The zero-order chi connectivity index (χ0) is 15.1. The van der Waals surface area contributed by atoms with Gasteiger partial charge >= 0.3 is 0 Å². The average molecular weight is 324 g/mol. The topological polar surface area (TPSA) is 39.1 Å². The summed E-state index contributed by atoms with van der Waals surface area (Å²) in [6, 6.07) is 8.22. The van der Waals surface area contributed by atoms with Crippen LogP contribution in [0.4, 0.5) is 0 Å². The molecule has 0 saturated carbocycles. The largest absolute Gasteiger partial charge is 0.494 e. The minimum Gasteiger partial charge on any atom is -0.494 e. The van der Waals surface area contributed by atoms with Gasteiger partial charge in [0.15, 0.2) is 0 Å². The summed E-state index contributed by atoms with van der Waals surface area (Å²) in [6.45, 7) is 9.76. The number of rotatable bonds is 8. The predicted molar refractivity (Wildman–Crippen MR) is 92.5 cm³/mol. The molecule has 5 heteroatoms. The third kappa shape index (κ3) is 6.08. The number of halogens is 1. The van der Waals surface area contributed by atoms with E-state index in [1.54, 1.807) is 0 Å². The van der Waals surface area contributed by atoms with Crippen molar-refractivity contribution in [3.8, 4) is 5.75 Å². The van der Waals surface area contributed by atoms with Gasteiger partial charge in [0, 0.05) is 31.4 Å². The second-order valence-corrected chi connectivity index (χ2v) is 5.64. The fourth-order valence-electron chi connectivity index (χ4n) is 2.19. The highest BCUT2D eigenvalue weighted by Gasteiger charge is 2.01. The second kappa shape index (κ2) is 9.49. The smallest absolute Gasteiger partial charge is 0.119 e. The molecule has 1 aromatic carbocycles. The van der Waals surface area contributed by atoms with Crippen LogP contribution in [0.3, 0.4) is 0 Å². The summed E-state index contributed by atoms with van der Waals surface area (Å²) in [5, 5.41) is 7.82. The van der Waals surface area contributed by atoms with Gasteiger partial charge < -0.3 is 10.1 Å². The molecule has 1 N–H and O–H groups in total. The van der Waals surface area contributed by atoms with Crippen molar-refractivity contribution in [3.05, 3.63) is 47.8 Å². The summed E-state index contributed by atoms with van der Waals surface area (Å²) in [7, 11) is 0. The average Bonchev–Trinajstić information content (AvgIpc) is 2.88. The molecule has 22 heavy (non-hydrogen) atoms. The lowest BCUT2D eigenvalue weighted by molar-refractivity contribution is 0.340. The Kier molecular flexibility index (Phi) is 7.99. The van der Waals surface area contributed by atoms with Crippen molar-refractivity contribution in [3.63, 3.8) is 0 Å². The van der Waals surface area contributed by atoms with Crippen LogP contribution >= 0.6 is 12.4 Å². The van der Waals surface area contributed by atoms with E-state index in [0.29, 0.717) is 12.5 Å². The van der Waals surface area contributed by atoms with E-state index in [1.807, 2.05) is 29.9 Å². The zero-order valence-corrected chi connectivity index (χ0v) is 14.4. The first-order valence-electron chi connectivity index (χ1n) is 7.61. The van der Waals surface area contributed by atoms with E-state index < -0.39 is 0 Å². The molecule has 4 nitrogen and oxygen atoms in total. The maximum absolute atomic E-state index is 5.44. The van der Waals surface area contributed by atoms with E-state index in [4.69, 9.17) is 4.74 Å². The van der Waals surface area contributed by atoms with Crippen LogP contribution in [-0.4, -0.2) is 16.4 Å². The Morgan fingerprint density at radius 2 is 1.82 bits per heavy atom. The summed E-state index contributed by atoms with van der Waals surface area (Å²) >= 11 is 0. The van der Waals surface area contributed by atoms with Gasteiger partial charge in [0.2, 0.25) is 0 Å². The summed E-state index contributed by atoms with van der Waals surface area (Å²) in [4.78, 5) is 0. The van der Waals surface area contributed by atoms with Crippen molar-refractivity contribution in [1.29, 1.82) is 0 Å². The summed E-state index contributed by atoms with van der Waals surface area (Å²) in [5.74, 6) is 1.55. The first-order valence-corrected chi connectivity index (χ1v) is 7.61. The second-order valence-electron chi connectivity index (χ2n) is 5.64. The Balaban J connectivity index is 0.00000242. The van der Waals surface area contributed by atoms with Crippen molar-refractivity contribution in [2.75, 3.05) is 6.61 Å². The SMILES string of the molecule is CCOc1ccc(CNCc2cnn(CC(C)C)c2)cc1.Cl. The molecule has 0 aliphatic rings. The quantitative estimate of drug-likeness (QED) is 0.806. The molecule has 0 spiro atoms. The van der Waals surface area contributed by atoms with Crippen LogP contribution < -0.4 is 10.1 Å². The number of hydrogen-bond donors (Lipinski definition) is 1. The molecule has 0 radical (unpaired) electrons. The molecule has 0 atom stereocenters. The third-order valence-corrected chi connectivity index (χ3v) is 3.13. The highest BCUT2D eigenvalue weighted by atomic mass is 35.5. The van der Waals surface area contributed by atoms with Gasteiger partial charge in [-0.1, -0.05) is 26.0 Å². The molecule has 0 aliphatic carbocycles. The standard InChI is InChI=1S/C17H25N3O.ClH/c1-4-21-17-7-5-15(6-8-17)9-18-10-16-11-19-20(13-16)12-14(2)3;/h5-8,11,13-14,18H,4,9-10,12H2,1-3H3;1H. The van der Waals surface area contributed by atoms with E-state index >= 15 is 0 Å². The number of benzene rings is 1. The summed E-state index contributed by atoms with van der Waals surface area (Å²) in [6.07, 6.45) is 4.05. The number of aromatic nitrogens is 2. The predicted octanol–water partition coefficient (Wildman–Crippen LogP) is 3.65. The van der Waals surface area contributed by atoms with E-state index in [1.165, 1.54) is 11.1 Å². The van der Waals surface area contributed by atoms with E-state index in [2.05, 4.69) is 42.6 Å². The van der Waals surface area contributed by atoms with Crippen LogP contribution in [0.25, 0.3) is 0 Å². The molecule has 0 saturated heterocycles. The number of hydrogen-bond acceptors (Lipinski definition) is 3. The van der Waals surface area contributed by atoms with E-state index in [9.17, 15) is 0 Å². The Morgan fingerprint density at radius 1 is 1.14 bits per heavy atom. The number of nitrogens with zero attached hydrogens (tertiary/aromatic N) is 2. The monoisotopic (exact) mass is 323 g/mol. The first kappa shape index (κ1) is 18.5. The Labute approximate surface area is 139 Å². The maximum atomic E-state index is 5.44. The summed E-state index contributed by atoms with van der Waals surface area (Å²) in [5.41, 5.74) is 2.48. The third-order valence-electron chi connectivity index (χ3n) is 3.13. The van der Waals surface area contributed by atoms with Gasteiger partial charge in [-0.2, -0.15) is 5.10 Å². The first-order chi connectivity index (χ1) is 10.2. The molecule has 0 unspecified atom stereocenters. The molecular formula is C17H26ClN3O. The van der Waals surface area contributed by atoms with Crippen molar-refractivity contribution in [2.24, 2.45) is 5.92 Å². The van der Waals surface area contributed by atoms with Gasteiger partial charge in [-0.15, -0.1) is 12.4 Å². The maximum Gasteiger partial charge on any atom is 0.119 e. The minimum atomic E-state index is 0. The van der Waals surface area contributed by atoms with E-state index in [0.717, 1.165) is 25.4 Å². The highest BCUT2D eigenvalue weighted by molar-refractivity contribution is 5.85.